The number of primary amides is 1. The molecule has 1 aromatic heterocycles. The molecule has 5 nitrogen and oxygen atoms in total. The van der Waals surface area contributed by atoms with Gasteiger partial charge >= 0.3 is 0 Å². The van der Waals surface area contributed by atoms with Crippen LogP contribution in [0.25, 0.3) is 0 Å². The summed E-state index contributed by atoms with van der Waals surface area (Å²) in [6.07, 6.45) is 5.10. The number of anilines is 1. The van der Waals surface area contributed by atoms with Crippen LogP contribution in [0.15, 0.2) is 28.7 Å². The van der Waals surface area contributed by atoms with Crippen molar-refractivity contribution in [2.24, 2.45) is 5.73 Å². The minimum Gasteiger partial charge on any atom is -0.365 e. The maximum absolute atomic E-state index is 12.4. The average molecular weight is 452 g/mol. The molecule has 1 aliphatic carbocycles. The summed E-state index contributed by atoms with van der Waals surface area (Å²) < 4.78 is 0.681. The first-order chi connectivity index (χ1) is 12.5. The van der Waals surface area contributed by atoms with Crippen LogP contribution in [0.2, 0.25) is 0 Å². The summed E-state index contributed by atoms with van der Waals surface area (Å²) >= 11 is 10.1. The van der Waals surface area contributed by atoms with E-state index in [0.29, 0.717) is 20.6 Å². The quantitative estimate of drug-likeness (QED) is 0.486. The highest BCUT2D eigenvalue weighted by molar-refractivity contribution is 9.10. The summed E-state index contributed by atoms with van der Waals surface area (Å²) in [5.41, 5.74) is 7.63. The number of nitrogens with one attached hydrogen (secondary N) is 2. The number of hydrogen-bond donors (Lipinski definition) is 3. The van der Waals surface area contributed by atoms with E-state index < -0.39 is 5.91 Å². The molecular weight excluding hydrogens is 434 g/mol. The molecule has 1 aliphatic rings. The summed E-state index contributed by atoms with van der Waals surface area (Å²) in [5.74, 6) is -0.791. The fourth-order valence-corrected chi connectivity index (χ4v) is 5.06. The van der Waals surface area contributed by atoms with Gasteiger partial charge in [-0.3, -0.25) is 14.9 Å². The predicted molar refractivity (Wildman–Crippen MR) is 112 cm³/mol. The lowest BCUT2D eigenvalue weighted by Crippen LogP contribution is -2.34. The van der Waals surface area contributed by atoms with Gasteiger partial charge in [0.1, 0.15) is 5.00 Å². The topological polar surface area (TPSA) is 84.2 Å². The van der Waals surface area contributed by atoms with Crippen LogP contribution >= 0.6 is 39.5 Å². The van der Waals surface area contributed by atoms with Crippen LogP contribution in [0.3, 0.4) is 0 Å². The van der Waals surface area contributed by atoms with E-state index in [4.69, 9.17) is 18.0 Å². The van der Waals surface area contributed by atoms with Crippen LogP contribution in [0.5, 0.6) is 0 Å². The van der Waals surface area contributed by atoms with Gasteiger partial charge in [-0.15, -0.1) is 11.3 Å². The fraction of sp³-hybridized carbons (Fsp3) is 0.278. The Balaban J connectivity index is 1.78. The van der Waals surface area contributed by atoms with E-state index in [1.54, 1.807) is 18.2 Å². The SMILES string of the molecule is NC(=O)c1c(NC(=S)NC(=O)c2ccccc2Br)sc2c1CCCCC2. The second-order valence-corrected chi connectivity index (χ2v) is 8.39. The Bertz CT molecular complexity index is 879. The van der Waals surface area contributed by atoms with Gasteiger partial charge in [0.2, 0.25) is 0 Å². The molecule has 0 radical (unpaired) electrons. The number of hydrogen-bond acceptors (Lipinski definition) is 4. The van der Waals surface area contributed by atoms with Crippen molar-refractivity contribution >= 4 is 61.4 Å². The van der Waals surface area contributed by atoms with Crippen molar-refractivity contribution in [3.63, 3.8) is 0 Å². The van der Waals surface area contributed by atoms with Crippen LogP contribution in [0.1, 0.15) is 50.4 Å². The Hall–Kier alpha value is -1.77. The third kappa shape index (κ3) is 4.13. The molecule has 0 saturated heterocycles. The first-order valence-electron chi connectivity index (χ1n) is 8.28. The van der Waals surface area contributed by atoms with Crippen LogP contribution in [-0.2, 0) is 12.8 Å². The summed E-state index contributed by atoms with van der Waals surface area (Å²) in [6.45, 7) is 0. The summed E-state index contributed by atoms with van der Waals surface area (Å²) in [4.78, 5) is 25.5. The zero-order valence-corrected chi connectivity index (χ0v) is 17.2. The van der Waals surface area contributed by atoms with E-state index in [-0.39, 0.29) is 11.0 Å². The molecular formula is C18H18BrN3O2S2. The summed E-state index contributed by atoms with van der Waals surface area (Å²) in [6, 6.07) is 7.09. The molecule has 0 spiro atoms. The number of rotatable bonds is 3. The standard InChI is InChI=1S/C18H18BrN3O2S2/c19-12-8-5-4-6-10(12)16(24)21-18(25)22-17-14(15(20)23)11-7-2-1-3-9-13(11)26-17/h4-6,8H,1-3,7,9H2,(H2,20,23)(H2,21,22,24,25). The highest BCUT2D eigenvalue weighted by Gasteiger charge is 2.24. The molecule has 0 atom stereocenters. The number of benzene rings is 1. The number of nitrogens with two attached hydrogens (primary N) is 1. The lowest BCUT2D eigenvalue weighted by molar-refractivity contribution is 0.0975. The number of carbonyl (C=O) groups excluding carboxylic acids is 2. The lowest BCUT2D eigenvalue weighted by atomic mass is 10.1. The van der Waals surface area contributed by atoms with E-state index in [2.05, 4.69) is 26.6 Å². The van der Waals surface area contributed by atoms with Crippen molar-refractivity contribution < 1.29 is 9.59 Å². The first-order valence-corrected chi connectivity index (χ1v) is 10.3. The molecule has 8 heteroatoms. The van der Waals surface area contributed by atoms with Gasteiger partial charge in [-0.2, -0.15) is 0 Å². The molecule has 0 bridgehead atoms. The van der Waals surface area contributed by atoms with Gasteiger partial charge in [0.15, 0.2) is 5.11 Å². The van der Waals surface area contributed by atoms with Gasteiger partial charge in [-0.05, 0) is 71.5 Å². The van der Waals surface area contributed by atoms with E-state index in [1.165, 1.54) is 16.2 Å². The van der Waals surface area contributed by atoms with E-state index >= 15 is 0 Å². The number of halogens is 1. The second kappa shape index (κ2) is 8.28. The second-order valence-electron chi connectivity index (χ2n) is 6.02. The Morgan fingerprint density at radius 1 is 1.15 bits per heavy atom. The Kier molecular flexibility index (Phi) is 6.05. The Labute approximate surface area is 169 Å². The molecule has 0 fully saturated rings. The van der Waals surface area contributed by atoms with Crippen LogP contribution in [0.4, 0.5) is 5.00 Å². The van der Waals surface area contributed by atoms with E-state index in [0.717, 1.165) is 37.7 Å². The number of thiophene rings is 1. The number of thiocarbonyl (C=S) groups is 1. The number of aryl methyl sites for hydroxylation is 1. The van der Waals surface area contributed by atoms with E-state index in [1.807, 2.05) is 6.07 Å². The molecule has 4 N–H and O–H groups in total. The predicted octanol–water partition coefficient (Wildman–Crippen LogP) is 4.01. The molecule has 26 heavy (non-hydrogen) atoms. The molecule has 2 amide bonds. The third-order valence-electron chi connectivity index (χ3n) is 4.24. The fourth-order valence-electron chi connectivity index (χ4n) is 3.04. The molecule has 2 aromatic rings. The largest absolute Gasteiger partial charge is 0.365 e. The van der Waals surface area contributed by atoms with Gasteiger partial charge in [0.25, 0.3) is 11.8 Å². The zero-order chi connectivity index (χ0) is 18.7. The molecule has 0 saturated carbocycles. The zero-order valence-electron chi connectivity index (χ0n) is 13.9. The van der Waals surface area contributed by atoms with Crippen LogP contribution in [0, 0.1) is 0 Å². The molecule has 0 aliphatic heterocycles. The van der Waals surface area contributed by atoms with Crippen molar-refractivity contribution in [3.8, 4) is 0 Å². The maximum Gasteiger partial charge on any atom is 0.258 e. The molecule has 3 rings (SSSR count). The van der Waals surface area contributed by atoms with Gasteiger partial charge in [-0.1, -0.05) is 18.6 Å². The smallest absolute Gasteiger partial charge is 0.258 e. The van der Waals surface area contributed by atoms with E-state index in [9.17, 15) is 9.59 Å². The minimum atomic E-state index is -0.466. The first kappa shape index (κ1) is 19.0. The van der Waals surface area contributed by atoms with Gasteiger partial charge in [0, 0.05) is 9.35 Å². The third-order valence-corrected chi connectivity index (χ3v) is 6.34. The lowest BCUT2D eigenvalue weighted by Gasteiger charge is -2.10. The Morgan fingerprint density at radius 3 is 2.62 bits per heavy atom. The minimum absolute atomic E-state index is 0.143. The highest BCUT2D eigenvalue weighted by atomic mass is 79.9. The van der Waals surface area contributed by atoms with Crippen molar-refractivity contribution in [2.75, 3.05) is 5.32 Å². The highest BCUT2D eigenvalue weighted by Crippen LogP contribution is 2.37. The van der Waals surface area contributed by atoms with Crippen LogP contribution in [-0.4, -0.2) is 16.9 Å². The Morgan fingerprint density at radius 2 is 1.88 bits per heavy atom. The summed E-state index contributed by atoms with van der Waals surface area (Å²) in [7, 11) is 0. The van der Waals surface area contributed by atoms with Gasteiger partial charge in [-0.25, -0.2) is 0 Å². The van der Waals surface area contributed by atoms with Crippen molar-refractivity contribution in [3.05, 3.63) is 50.3 Å². The molecule has 136 valence electrons. The molecule has 1 aromatic carbocycles. The number of fused-ring (bicyclic) bond motifs is 1. The van der Waals surface area contributed by atoms with Crippen molar-refractivity contribution in [1.29, 1.82) is 0 Å². The van der Waals surface area contributed by atoms with Crippen molar-refractivity contribution in [2.45, 2.75) is 32.1 Å². The number of carbonyl (C=O) groups is 2. The maximum atomic E-state index is 12.4. The molecule has 1 heterocycles. The van der Waals surface area contributed by atoms with Gasteiger partial charge in [0.05, 0.1) is 11.1 Å². The van der Waals surface area contributed by atoms with Crippen molar-refractivity contribution in [1.82, 2.24) is 5.32 Å². The van der Waals surface area contributed by atoms with Crippen LogP contribution < -0.4 is 16.4 Å². The monoisotopic (exact) mass is 451 g/mol. The number of amides is 2. The summed E-state index contributed by atoms with van der Waals surface area (Å²) in [5, 5.41) is 6.40. The average Bonchev–Trinajstić information content (AvgIpc) is 2.76. The normalized spacial score (nSPS) is 13.4. The molecule has 0 unspecified atom stereocenters. The van der Waals surface area contributed by atoms with Gasteiger partial charge < -0.3 is 11.1 Å².